The number of aromatic nitrogens is 3. The summed E-state index contributed by atoms with van der Waals surface area (Å²) in [6.45, 7) is 0. The van der Waals surface area contributed by atoms with Gasteiger partial charge in [-0.1, -0.05) is 17.7 Å². The van der Waals surface area contributed by atoms with E-state index in [1.807, 2.05) is 36.2 Å². The topological polar surface area (TPSA) is 104 Å². The number of halogens is 1. The molecule has 4 N–H and O–H groups in total. The van der Waals surface area contributed by atoms with Crippen molar-refractivity contribution in [2.75, 3.05) is 23.0 Å². The average molecular weight is 354 g/mol. The molecule has 0 radical (unpaired) electrons. The Morgan fingerprint density at radius 1 is 1.20 bits per heavy atom. The van der Waals surface area contributed by atoms with E-state index >= 15 is 0 Å². The van der Waals surface area contributed by atoms with Gasteiger partial charge in [-0.15, -0.1) is 0 Å². The second-order valence-electron chi connectivity index (χ2n) is 5.26. The lowest BCUT2D eigenvalue weighted by molar-refractivity contribution is 0.991. The molecule has 1 heterocycles. The first-order chi connectivity index (χ1) is 12.1. The van der Waals surface area contributed by atoms with Crippen molar-refractivity contribution in [2.24, 2.45) is 0 Å². The Kier molecular flexibility index (Phi) is 4.76. The van der Waals surface area contributed by atoms with Crippen molar-refractivity contribution in [1.82, 2.24) is 15.0 Å². The maximum atomic E-state index is 7.28. The third-order valence-electron chi connectivity index (χ3n) is 3.55. The second-order valence-corrected chi connectivity index (χ2v) is 5.70. The fraction of sp³-hybridized carbons (Fsp3) is 0.0588. The third-order valence-corrected chi connectivity index (χ3v) is 3.79. The van der Waals surface area contributed by atoms with Gasteiger partial charge in [-0.3, -0.25) is 0 Å². The van der Waals surface area contributed by atoms with Crippen LogP contribution in [0.25, 0.3) is 0 Å². The first kappa shape index (κ1) is 16.7. The number of rotatable bonds is 5. The Hall–Kier alpha value is -3.19. The van der Waals surface area contributed by atoms with Gasteiger partial charge >= 0.3 is 0 Å². The average Bonchev–Trinajstić information content (AvgIpc) is 2.61. The summed E-state index contributed by atoms with van der Waals surface area (Å²) in [6, 6.07) is 12.7. The van der Waals surface area contributed by atoms with Crippen LogP contribution in [0.1, 0.15) is 5.56 Å². The zero-order chi connectivity index (χ0) is 17.8. The van der Waals surface area contributed by atoms with Crippen molar-refractivity contribution in [3.8, 4) is 0 Å². The molecule has 0 saturated carbocycles. The molecule has 0 amide bonds. The first-order valence-corrected chi connectivity index (χ1v) is 7.80. The molecular weight excluding hydrogens is 338 g/mol. The van der Waals surface area contributed by atoms with Crippen LogP contribution >= 0.6 is 11.6 Å². The summed E-state index contributed by atoms with van der Waals surface area (Å²) in [6.07, 6.45) is 2.64. The van der Waals surface area contributed by atoms with Gasteiger partial charge in [0.05, 0.1) is 0 Å². The number of nitrogens with one attached hydrogen (secondary N) is 2. The molecule has 0 saturated heterocycles. The van der Waals surface area contributed by atoms with Crippen molar-refractivity contribution in [2.45, 2.75) is 0 Å². The van der Waals surface area contributed by atoms with Crippen LogP contribution in [-0.2, 0) is 0 Å². The Balaban J connectivity index is 1.84. The van der Waals surface area contributed by atoms with E-state index in [2.05, 4.69) is 20.3 Å². The molecule has 0 aliphatic carbocycles. The van der Waals surface area contributed by atoms with Gasteiger partial charge in [-0.2, -0.15) is 4.98 Å². The van der Waals surface area contributed by atoms with E-state index in [-0.39, 0.29) is 0 Å². The molecule has 2 aromatic carbocycles. The van der Waals surface area contributed by atoms with E-state index in [0.717, 1.165) is 11.4 Å². The van der Waals surface area contributed by atoms with Crippen molar-refractivity contribution < 1.29 is 0 Å². The van der Waals surface area contributed by atoms with Crippen LogP contribution in [0.2, 0.25) is 5.02 Å². The van der Waals surface area contributed by atoms with Crippen molar-refractivity contribution >= 4 is 46.8 Å². The highest BCUT2D eigenvalue weighted by atomic mass is 35.5. The zero-order valence-electron chi connectivity index (χ0n) is 13.4. The normalized spacial score (nSPS) is 10.3. The predicted octanol–water partition coefficient (Wildman–Crippen LogP) is 3.62. The highest BCUT2D eigenvalue weighted by Gasteiger charge is 2.09. The van der Waals surface area contributed by atoms with Crippen molar-refractivity contribution in [3.63, 3.8) is 0 Å². The summed E-state index contributed by atoms with van der Waals surface area (Å²) in [4.78, 5) is 14.5. The molecule has 8 heteroatoms. The number of anilines is 5. The highest BCUT2D eigenvalue weighted by Crippen LogP contribution is 2.24. The molecule has 0 unspecified atom stereocenters. The fourth-order valence-corrected chi connectivity index (χ4v) is 2.41. The minimum Gasteiger partial charge on any atom is -0.398 e. The van der Waals surface area contributed by atoms with Gasteiger partial charge in [-0.05, 0) is 36.4 Å². The third kappa shape index (κ3) is 3.84. The minimum absolute atomic E-state index is 0.390. The lowest BCUT2D eigenvalue weighted by Crippen LogP contribution is -2.14. The second kappa shape index (κ2) is 7.14. The molecule has 1 aromatic heterocycles. The quantitative estimate of drug-likeness (QED) is 0.478. The molecule has 0 fully saturated rings. The zero-order valence-corrected chi connectivity index (χ0v) is 14.2. The maximum Gasteiger partial charge on any atom is 0.234 e. The Bertz CT molecular complexity index is 913. The first-order valence-electron chi connectivity index (χ1n) is 7.42. The molecule has 0 aliphatic heterocycles. The summed E-state index contributed by atoms with van der Waals surface area (Å²) in [5.41, 5.74) is 8.64. The predicted molar refractivity (Wildman–Crippen MR) is 101 cm³/mol. The Morgan fingerprint density at radius 2 is 2.04 bits per heavy atom. The summed E-state index contributed by atoms with van der Waals surface area (Å²) >= 11 is 6.03. The molecule has 25 heavy (non-hydrogen) atoms. The smallest absolute Gasteiger partial charge is 0.234 e. The lowest BCUT2D eigenvalue weighted by Gasteiger charge is -2.17. The Labute approximate surface area is 150 Å². The van der Waals surface area contributed by atoms with Gasteiger partial charge < -0.3 is 21.4 Å². The van der Waals surface area contributed by atoms with Crippen LogP contribution in [0.4, 0.5) is 29.0 Å². The largest absolute Gasteiger partial charge is 0.398 e. The number of hydrogen-bond donors (Lipinski definition) is 3. The van der Waals surface area contributed by atoms with Crippen molar-refractivity contribution in [3.05, 3.63) is 59.4 Å². The van der Waals surface area contributed by atoms with Crippen LogP contribution in [0.3, 0.4) is 0 Å². The van der Waals surface area contributed by atoms with Gasteiger partial charge in [0.15, 0.2) is 0 Å². The monoisotopic (exact) mass is 353 g/mol. The number of benzene rings is 2. The molecular formula is C17H16ClN7. The van der Waals surface area contributed by atoms with E-state index in [4.69, 9.17) is 22.7 Å². The molecule has 0 spiro atoms. The minimum atomic E-state index is 0.390. The molecule has 7 nitrogen and oxygen atoms in total. The molecule has 0 bridgehead atoms. The van der Waals surface area contributed by atoms with Crippen LogP contribution in [0.15, 0.2) is 48.8 Å². The van der Waals surface area contributed by atoms with E-state index in [1.165, 1.54) is 12.5 Å². The van der Waals surface area contributed by atoms with Crippen LogP contribution in [0.5, 0.6) is 0 Å². The van der Waals surface area contributed by atoms with E-state index < -0.39 is 0 Å². The van der Waals surface area contributed by atoms with E-state index in [9.17, 15) is 0 Å². The van der Waals surface area contributed by atoms with Crippen LogP contribution in [-0.4, -0.2) is 28.2 Å². The number of hydrogen-bond acceptors (Lipinski definition) is 7. The fourth-order valence-electron chi connectivity index (χ4n) is 2.22. The van der Waals surface area contributed by atoms with Gasteiger partial charge in [0.2, 0.25) is 11.9 Å². The maximum absolute atomic E-state index is 7.28. The SMILES string of the molecule is CN(c1cccc(Cl)c1)c1ncnc(Nc2ccc(C=N)c(N)c2)n1. The molecule has 0 aliphatic rings. The highest BCUT2D eigenvalue weighted by molar-refractivity contribution is 6.30. The van der Waals surface area contributed by atoms with Gasteiger partial charge in [-0.25, -0.2) is 9.97 Å². The van der Waals surface area contributed by atoms with E-state index in [1.54, 1.807) is 18.2 Å². The number of nitrogens with two attached hydrogens (primary N) is 1. The molecule has 3 aromatic rings. The van der Waals surface area contributed by atoms with Crippen LogP contribution in [0, 0.1) is 5.41 Å². The van der Waals surface area contributed by atoms with Gasteiger partial charge in [0, 0.05) is 40.9 Å². The van der Waals surface area contributed by atoms with Crippen LogP contribution < -0.4 is 16.0 Å². The summed E-state index contributed by atoms with van der Waals surface area (Å²) in [7, 11) is 1.85. The standard InChI is InChI=1S/C17H16ClN7/c1-25(14-4-2-3-12(18)7-14)17-22-10-21-16(24-17)23-13-6-5-11(9-19)15(20)8-13/h2-10,19H,20H2,1H3,(H,21,22,23,24). The van der Waals surface area contributed by atoms with E-state index in [0.29, 0.717) is 28.2 Å². The summed E-state index contributed by atoms with van der Waals surface area (Å²) in [5, 5.41) is 11.0. The molecule has 3 rings (SSSR count). The molecule has 126 valence electrons. The lowest BCUT2D eigenvalue weighted by atomic mass is 10.2. The number of nitrogens with zero attached hydrogens (tertiary/aromatic N) is 4. The Morgan fingerprint density at radius 3 is 2.76 bits per heavy atom. The summed E-state index contributed by atoms with van der Waals surface area (Å²) in [5.74, 6) is 0.865. The molecule has 0 atom stereocenters. The van der Waals surface area contributed by atoms with Gasteiger partial charge in [0.25, 0.3) is 0 Å². The van der Waals surface area contributed by atoms with Crippen molar-refractivity contribution in [1.29, 1.82) is 5.41 Å². The number of nitrogen functional groups attached to an aromatic ring is 1. The summed E-state index contributed by atoms with van der Waals surface area (Å²) < 4.78 is 0. The van der Waals surface area contributed by atoms with Gasteiger partial charge in [0.1, 0.15) is 6.33 Å².